The first kappa shape index (κ1) is 17.7. The van der Waals surface area contributed by atoms with E-state index in [1.165, 1.54) is 16.7 Å². The summed E-state index contributed by atoms with van der Waals surface area (Å²) in [5.41, 5.74) is 4.67. The zero-order valence-electron chi connectivity index (χ0n) is 16.1. The van der Waals surface area contributed by atoms with Crippen LogP contribution in [0.25, 0.3) is 11.0 Å². The Kier molecular flexibility index (Phi) is 4.59. The Morgan fingerprint density at radius 2 is 2.04 bits per heavy atom. The fraction of sp³-hybridized carbons (Fsp3) is 0.391. The van der Waals surface area contributed by atoms with Crippen LogP contribution in [0, 0.1) is 0 Å². The van der Waals surface area contributed by atoms with E-state index in [2.05, 4.69) is 47.6 Å². The van der Waals surface area contributed by atoms with Gasteiger partial charge < -0.3 is 19.6 Å². The van der Waals surface area contributed by atoms with Gasteiger partial charge in [-0.05, 0) is 54.4 Å². The Bertz CT molecular complexity index is 983. The SMILES string of the molecule is CN1C[C@H](NC(c2ccc3c(c2)CCO3)c2ccc3occc3c2)C[C@H]1CO. The van der Waals surface area contributed by atoms with Crippen LogP contribution >= 0.6 is 0 Å². The Morgan fingerprint density at radius 3 is 2.89 bits per heavy atom. The quantitative estimate of drug-likeness (QED) is 0.714. The summed E-state index contributed by atoms with van der Waals surface area (Å²) < 4.78 is 11.2. The van der Waals surface area contributed by atoms with E-state index < -0.39 is 0 Å². The van der Waals surface area contributed by atoms with Crippen LogP contribution in [0.15, 0.2) is 53.1 Å². The molecule has 0 bridgehead atoms. The number of hydrogen-bond donors (Lipinski definition) is 2. The molecule has 0 aliphatic carbocycles. The second-order valence-electron chi connectivity index (χ2n) is 7.99. The van der Waals surface area contributed by atoms with Crippen molar-refractivity contribution in [2.75, 3.05) is 26.8 Å². The van der Waals surface area contributed by atoms with Crippen LogP contribution in [0.1, 0.15) is 29.2 Å². The summed E-state index contributed by atoms with van der Waals surface area (Å²) in [5.74, 6) is 1.01. The van der Waals surface area contributed by atoms with Gasteiger partial charge >= 0.3 is 0 Å². The minimum Gasteiger partial charge on any atom is -0.493 e. The number of benzene rings is 2. The fourth-order valence-corrected chi connectivity index (χ4v) is 4.59. The van der Waals surface area contributed by atoms with Gasteiger partial charge in [-0.3, -0.25) is 4.90 Å². The van der Waals surface area contributed by atoms with Crippen molar-refractivity contribution in [3.05, 3.63) is 65.4 Å². The molecule has 0 amide bonds. The zero-order chi connectivity index (χ0) is 19.1. The van der Waals surface area contributed by atoms with Crippen molar-refractivity contribution in [2.24, 2.45) is 0 Å². The highest BCUT2D eigenvalue weighted by Gasteiger charge is 2.31. The molecule has 3 atom stereocenters. The minimum atomic E-state index is 0.0843. The van der Waals surface area contributed by atoms with Gasteiger partial charge in [-0.15, -0.1) is 0 Å². The number of furan rings is 1. The highest BCUT2D eigenvalue weighted by atomic mass is 16.5. The summed E-state index contributed by atoms with van der Waals surface area (Å²) in [6.45, 7) is 1.91. The van der Waals surface area contributed by atoms with Gasteiger partial charge in [-0.25, -0.2) is 0 Å². The third kappa shape index (κ3) is 3.20. The molecular weight excluding hydrogens is 352 g/mol. The molecule has 0 saturated carbocycles. The summed E-state index contributed by atoms with van der Waals surface area (Å²) in [4.78, 5) is 2.24. The van der Waals surface area contributed by atoms with Crippen molar-refractivity contribution in [1.29, 1.82) is 0 Å². The van der Waals surface area contributed by atoms with Gasteiger partial charge in [0.15, 0.2) is 0 Å². The van der Waals surface area contributed by atoms with Gasteiger partial charge in [-0.1, -0.05) is 18.2 Å². The number of aliphatic hydroxyl groups excluding tert-OH is 1. The number of aliphatic hydroxyl groups is 1. The van der Waals surface area contributed by atoms with Crippen LogP contribution in [-0.2, 0) is 6.42 Å². The monoisotopic (exact) mass is 378 g/mol. The first-order chi connectivity index (χ1) is 13.7. The standard InChI is InChI=1S/C23H26N2O3/c1-25-13-19(12-20(25)14-26)24-23(17-2-4-21-15(10-17)6-8-27-21)18-3-5-22-16(11-18)7-9-28-22/h2-6,8,10-11,19-20,23-24,26H,7,9,12-14H2,1H3/t19-,20+,23?/m1/s1. The molecule has 2 aliphatic rings. The second-order valence-corrected chi connectivity index (χ2v) is 7.99. The molecule has 1 aromatic heterocycles. The normalized spacial score (nSPS) is 23.1. The maximum Gasteiger partial charge on any atom is 0.133 e. The molecule has 146 valence electrons. The van der Waals surface area contributed by atoms with Crippen LogP contribution in [-0.4, -0.2) is 48.9 Å². The average Bonchev–Trinajstić information content (AvgIpc) is 3.44. The lowest BCUT2D eigenvalue weighted by molar-refractivity contribution is 0.182. The van der Waals surface area contributed by atoms with Gasteiger partial charge in [0.25, 0.3) is 0 Å². The van der Waals surface area contributed by atoms with Gasteiger partial charge in [0, 0.05) is 30.4 Å². The molecule has 1 saturated heterocycles. The number of nitrogens with one attached hydrogen (secondary N) is 1. The van der Waals surface area contributed by atoms with E-state index >= 15 is 0 Å². The molecule has 2 aromatic carbocycles. The second kappa shape index (κ2) is 7.24. The van der Waals surface area contributed by atoms with Crippen molar-refractivity contribution >= 4 is 11.0 Å². The van der Waals surface area contributed by atoms with E-state index in [4.69, 9.17) is 9.15 Å². The van der Waals surface area contributed by atoms with Crippen molar-refractivity contribution < 1.29 is 14.3 Å². The predicted octanol–water partition coefficient (Wildman–Crippen LogP) is 3.11. The van der Waals surface area contributed by atoms with Gasteiger partial charge in [-0.2, -0.15) is 0 Å². The third-order valence-electron chi connectivity index (χ3n) is 6.16. The number of likely N-dealkylation sites (tertiary alicyclic amines) is 1. The zero-order valence-corrected chi connectivity index (χ0v) is 16.1. The first-order valence-corrected chi connectivity index (χ1v) is 10.0. The lowest BCUT2D eigenvalue weighted by Crippen LogP contribution is -2.35. The van der Waals surface area contributed by atoms with Crippen molar-refractivity contribution in [3.8, 4) is 5.75 Å². The molecule has 2 N–H and O–H groups in total. The number of ether oxygens (including phenoxy) is 1. The highest BCUT2D eigenvalue weighted by molar-refractivity contribution is 5.78. The van der Waals surface area contributed by atoms with Crippen LogP contribution < -0.4 is 10.1 Å². The summed E-state index contributed by atoms with van der Waals surface area (Å²) >= 11 is 0. The maximum absolute atomic E-state index is 9.63. The first-order valence-electron chi connectivity index (χ1n) is 10.0. The van der Waals surface area contributed by atoms with E-state index in [1.807, 2.05) is 12.1 Å². The summed E-state index contributed by atoms with van der Waals surface area (Å²) in [5, 5.41) is 14.6. The van der Waals surface area contributed by atoms with Crippen LogP contribution in [0.2, 0.25) is 0 Å². The van der Waals surface area contributed by atoms with E-state index in [0.717, 1.165) is 42.7 Å². The number of nitrogens with zero attached hydrogens (tertiary/aromatic N) is 1. The predicted molar refractivity (Wildman–Crippen MR) is 109 cm³/mol. The molecule has 5 nitrogen and oxygen atoms in total. The molecule has 3 aromatic rings. The Morgan fingerprint density at radius 1 is 1.18 bits per heavy atom. The molecule has 28 heavy (non-hydrogen) atoms. The molecule has 3 heterocycles. The van der Waals surface area contributed by atoms with Crippen LogP contribution in [0.5, 0.6) is 5.75 Å². The van der Waals surface area contributed by atoms with Crippen molar-refractivity contribution in [3.63, 3.8) is 0 Å². The fourth-order valence-electron chi connectivity index (χ4n) is 4.59. The Labute approximate surface area is 164 Å². The van der Waals surface area contributed by atoms with Gasteiger partial charge in [0.2, 0.25) is 0 Å². The number of likely N-dealkylation sites (N-methyl/N-ethyl adjacent to an activating group) is 1. The smallest absolute Gasteiger partial charge is 0.133 e. The summed E-state index contributed by atoms with van der Waals surface area (Å²) in [6, 6.07) is 15.6. The summed E-state index contributed by atoms with van der Waals surface area (Å²) in [6.07, 6.45) is 3.66. The van der Waals surface area contributed by atoms with E-state index in [9.17, 15) is 5.11 Å². The Balaban J connectivity index is 1.50. The van der Waals surface area contributed by atoms with E-state index in [-0.39, 0.29) is 18.7 Å². The summed E-state index contributed by atoms with van der Waals surface area (Å²) in [7, 11) is 2.09. The average molecular weight is 378 g/mol. The number of hydrogen-bond acceptors (Lipinski definition) is 5. The minimum absolute atomic E-state index is 0.0843. The largest absolute Gasteiger partial charge is 0.493 e. The van der Waals surface area contributed by atoms with Crippen LogP contribution in [0.4, 0.5) is 0 Å². The lowest BCUT2D eigenvalue weighted by Gasteiger charge is -2.24. The molecule has 0 radical (unpaired) electrons. The topological polar surface area (TPSA) is 57.9 Å². The third-order valence-corrected chi connectivity index (χ3v) is 6.16. The lowest BCUT2D eigenvalue weighted by atomic mass is 9.94. The van der Waals surface area contributed by atoms with E-state index in [1.54, 1.807) is 6.26 Å². The highest BCUT2D eigenvalue weighted by Crippen LogP contribution is 2.33. The molecule has 0 spiro atoms. The van der Waals surface area contributed by atoms with Gasteiger partial charge in [0.1, 0.15) is 11.3 Å². The molecule has 1 unspecified atom stereocenters. The molecule has 5 rings (SSSR count). The number of rotatable bonds is 5. The van der Waals surface area contributed by atoms with Crippen LogP contribution in [0.3, 0.4) is 0 Å². The Hall–Kier alpha value is -2.34. The maximum atomic E-state index is 9.63. The van der Waals surface area contributed by atoms with Crippen molar-refractivity contribution in [2.45, 2.75) is 31.0 Å². The molecule has 2 aliphatic heterocycles. The molecular formula is C23H26N2O3. The van der Waals surface area contributed by atoms with E-state index in [0.29, 0.717) is 6.04 Å². The molecule has 1 fully saturated rings. The number of fused-ring (bicyclic) bond motifs is 2. The van der Waals surface area contributed by atoms with Crippen molar-refractivity contribution in [1.82, 2.24) is 10.2 Å². The van der Waals surface area contributed by atoms with Gasteiger partial charge in [0.05, 0.1) is 25.5 Å². The molecule has 5 heteroatoms.